The quantitative estimate of drug-likeness (QED) is 0.521. The maximum absolute atomic E-state index is 11.6. The van der Waals surface area contributed by atoms with Gasteiger partial charge in [-0.1, -0.05) is 18.2 Å². The monoisotopic (exact) mass is 396 g/mol. The Morgan fingerprint density at radius 2 is 2.08 bits per heavy atom. The van der Waals surface area contributed by atoms with E-state index in [2.05, 4.69) is 6.07 Å². The van der Waals surface area contributed by atoms with Crippen LogP contribution in [0.2, 0.25) is 0 Å². The van der Waals surface area contributed by atoms with Crippen molar-refractivity contribution in [1.82, 2.24) is 4.90 Å². The van der Waals surface area contributed by atoms with Gasteiger partial charge in [-0.3, -0.25) is 9.36 Å². The van der Waals surface area contributed by atoms with Gasteiger partial charge in [-0.2, -0.15) is 5.26 Å². The average molecular weight is 396 g/mol. The largest absolute Gasteiger partial charge is 0.393 e. The molecule has 3 N–H and O–H groups in total. The van der Waals surface area contributed by atoms with E-state index in [1.54, 1.807) is 36.9 Å². The summed E-state index contributed by atoms with van der Waals surface area (Å²) in [5.41, 5.74) is 0.626. The van der Waals surface area contributed by atoms with Crippen molar-refractivity contribution in [3.8, 4) is 6.07 Å². The van der Waals surface area contributed by atoms with Crippen molar-refractivity contribution in [1.29, 1.82) is 5.26 Å². The van der Waals surface area contributed by atoms with Crippen molar-refractivity contribution >= 4 is 30.6 Å². The zero-order valence-electron chi connectivity index (χ0n) is 14.4. The minimum Gasteiger partial charge on any atom is -0.393 e. The van der Waals surface area contributed by atoms with E-state index in [1.807, 2.05) is 6.20 Å². The summed E-state index contributed by atoms with van der Waals surface area (Å²) in [5, 5.41) is 18.0. The molecule has 2 heterocycles. The highest BCUT2D eigenvalue weighted by Crippen LogP contribution is 2.42. The number of nitrogens with zero attached hydrogens (tertiary/aromatic N) is 2. The lowest BCUT2D eigenvalue weighted by Crippen LogP contribution is -2.59. The van der Waals surface area contributed by atoms with E-state index in [0.29, 0.717) is 11.3 Å². The van der Waals surface area contributed by atoms with Gasteiger partial charge in [0.15, 0.2) is 0 Å². The first kappa shape index (κ1) is 20.7. The second-order valence-corrected chi connectivity index (χ2v) is 8.83. The van der Waals surface area contributed by atoms with Gasteiger partial charge >= 0.3 is 7.60 Å². The molecule has 1 saturated heterocycles. The smallest absolute Gasteiger partial charge is 0.356 e. The van der Waals surface area contributed by atoms with Crippen molar-refractivity contribution < 1.29 is 24.3 Å². The highest BCUT2D eigenvalue weighted by molar-refractivity contribution is 8.03. The maximum atomic E-state index is 11.6. The topological polar surface area (TPSA) is 122 Å². The Kier molecular flexibility index (Phi) is 6.67. The molecule has 2 aliphatic rings. The fourth-order valence-electron chi connectivity index (χ4n) is 3.03. The molecule has 0 bridgehead atoms. The van der Waals surface area contributed by atoms with E-state index in [1.165, 1.54) is 17.8 Å². The number of β-lactam (4-membered cyclic amide) rings is 1. The summed E-state index contributed by atoms with van der Waals surface area (Å²) in [6.45, 7) is 3.33. The predicted molar refractivity (Wildman–Crippen MR) is 99.4 cm³/mol. The van der Waals surface area contributed by atoms with Crippen molar-refractivity contribution in [2.45, 2.75) is 32.4 Å². The first-order chi connectivity index (χ1) is 12.2. The van der Waals surface area contributed by atoms with Crippen molar-refractivity contribution in [3.63, 3.8) is 0 Å². The molecular weight excluding hydrogens is 375 g/mol. The molecule has 3 rings (SSSR count). The van der Waals surface area contributed by atoms with Gasteiger partial charge in [-0.05, 0) is 25.5 Å². The second kappa shape index (κ2) is 8.38. The molecule has 0 spiro atoms. The average Bonchev–Trinajstić information content (AvgIpc) is 2.91. The normalized spacial score (nSPS) is 22.4. The Hall–Kier alpha value is -1.62. The van der Waals surface area contributed by atoms with E-state index in [4.69, 9.17) is 15.0 Å². The number of nitriles is 1. The summed E-state index contributed by atoms with van der Waals surface area (Å²) < 4.78 is 10.7. The fraction of sp³-hybridized carbons (Fsp3) is 0.412. The lowest BCUT2D eigenvalue weighted by Gasteiger charge is -2.43. The number of benzene rings is 1. The summed E-state index contributed by atoms with van der Waals surface area (Å²) in [6.07, 6.45) is 2.02. The Labute approximate surface area is 156 Å². The van der Waals surface area contributed by atoms with Crippen LogP contribution in [0.5, 0.6) is 0 Å². The molecule has 0 unspecified atom stereocenters. The van der Waals surface area contributed by atoms with Gasteiger partial charge in [-0.25, -0.2) is 0 Å². The highest BCUT2D eigenvalue weighted by atomic mass is 32.2. The second-order valence-electron chi connectivity index (χ2n) is 6.16. The van der Waals surface area contributed by atoms with Gasteiger partial charge in [0.2, 0.25) is 5.91 Å². The molecule has 1 amide bonds. The standard InChI is InChI=1S/C10H12N2O2S.C7H9O3P/c1-6(13)9-8-4-7(15-3-2-11)5-12(8)10(9)14;1-6-4-2-3-5-7(6)11(8,9)10/h5-6,8-9,13H,3-4H2,1H3;2-5H,1H3,(H2,8,9,10)/t6-,8-,9-;/m1./s1. The molecule has 2 aliphatic heterocycles. The van der Waals surface area contributed by atoms with Crippen LogP contribution in [0.4, 0.5) is 0 Å². The van der Waals surface area contributed by atoms with Crippen molar-refractivity contribution in [2.75, 3.05) is 5.75 Å². The van der Waals surface area contributed by atoms with Crippen molar-refractivity contribution in [3.05, 3.63) is 40.9 Å². The Morgan fingerprint density at radius 1 is 1.42 bits per heavy atom. The molecule has 1 aromatic carbocycles. The Balaban J connectivity index is 0.000000197. The molecule has 3 atom stereocenters. The first-order valence-corrected chi connectivity index (χ1v) is 10.6. The zero-order chi connectivity index (χ0) is 19.5. The Morgan fingerprint density at radius 3 is 2.58 bits per heavy atom. The molecule has 1 aromatic rings. The molecule has 7 nitrogen and oxygen atoms in total. The van der Waals surface area contributed by atoms with Gasteiger partial charge in [0.05, 0.1) is 35.2 Å². The number of aliphatic hydroxyl groups excluding tert-OH is 1. The lowest BCUT2D eigenvalue weighted by molar-refractivity contribution is -0.156. The molecular formula is C17H21N2O5PS. The number of hydrogen-bond donors (Lipinski definition) is 3. The van der Waals surface area contributed by atoms with E-state index in [9.17, 15) is 14.5 Å². The molecule has 0 saturated carbocycles. The van der Waals surface area contributed by atoms with E-state index in [0.717, 1.165) is 11.3 Å². The van der Waals surface area contributed by atoms with Crippen molar-refractivity contribution in [2.24, 2.45) is 5.92 Å². The number of amides is 1. The third kappa shape index (κ3) is 4.56. The third-order valence-corrected chi connectivity index (χ3v) is 6.32. The van der Waals surface area contributed by atoms with Crippen LogP contribution in [0, 0.1) is 24.2 Å². The van der Waals surface area contributed by atoms with Gasteiger partial charge in [0.25, 0.3) is 0 Å². The number of carbonyl (C=O) groups excluding carboxylic acids is 1. The molecule has 9 heteroatoms. The minimum absolute atomic E-state index is 0.00237. The van der Waals surface area contributed by atoms with Crippen LogP contribution < -0.4 is 5.30 Å². The van der Waals surface area contributed by atoms with Crippen LogP contribution in [0.25, 0.3) is 0 Å². The number of hydrogen-bond acceptors (Lipinski definition) is 5. The van der Waals surface area contributed by atoms with Crippen LogP contribution >= 0.6 is 19.4 Å². The van der Waals surface area contributed by atoms with Gasteiger partial charge < -0.3 is 19.8 Å². The number of thioether (sulfide) groups is 1. The minimum atomic E-state index is -4.06. The molecule has 26 heavy (non-hydrogen) atoms. The molecule has 1 fully saturated rings. The SMILES string of the molecule is C[C@@H](O)[C@H]1C(=O)N2C=C(SCC#N)C[C@H]12.Cc1ccccc1P(=O)(O)O. The number of carbonyl (C=O) groups is 1. The van der Waals surface area contributed by atoms with Crippen LogP contribution in [0.15, 0.2) is 35.4 Å². The molecule has 0 radical (unpaired) electrons. The van der Waals surface area contributed by atoms with E-state index >= 15 is 0 Å². The van der Waals surface area contributed by atoms with Crippen LogP contribution in [0.1, 0.15) is 18.9 Å². The number of fused-ring (bicyclic) bond motifs is 1. The summed E-state index contributed by atoms with van der Waals surface area (Å²) in [5.74, 6) is 0.170. The molecule has 140 valence electrons. The summed E-state index contributed by atoms with van der Waals surface area (Å²) in [4.78, 5) is 31.9. The predicted octanol–water partition coefficient (Wildman–Crippen LogP) is 1.49. The van der Waals surface area contributed by atoms with E-state index in [-0.39, 0.29) is 23.2 Å². The Bertz CT molecular complexity index is 799. The molecule has 0 aromatic heterocycles. The first-order valence-electron chi connectivity index (χ1n) is 7.99. The third-order valence-electron chi connectivity index (χ3n) is 4.28. The van der Waals surface area contributed by atoms with Gasteiger partial charge in [-0.15, -0.1) is 11.8 Å². The molecule has 0 aliphatic carbocycles. The van der Waals surface area contributed by atoms with Gasteiger partial charge in [0, 0.05) is 17.5 Å². The summed E-state index contributed by atoms with van der Waals surface area (Å²) >= 11 is 1.47. The number of rotatable bonds is 4. The van der Waals surface area contributed by atoms with Crippen LogP contribution in [-0.2, 0) is 9.36 Å². The fourth-order valence-corrected chi connectivity index (χ4v) is 4.57. The van der Waals surface area contributed by atoms with E-state index < -0.39 is 13.7 Å². The summed E-state index contributed by atoms with van der Waals surface area (Å²) in [6, 6.07) is 8.66. The zero-order valence-corrected chi connectivity index (χ0v) is 16.2. The van der Waals surface area contributed by atoms with Gasteiger partial charge in [0.1, 0.15) is 0 Å². The lowest BCUT2D eigenvalue weighted by atomic mass is 9.84. The number of aliphatic hydroxyl groups is 1. The number of aryl methyl sites for hydroxylation is 1. The summed E-state index contributed by atoms with van der Waals surface area (Å²) in [7, 11) is -4.06. The van der Waals surface area contributed by atoms with Crippen LogP contribution in [-0.4, -0.2) is 43.6 Å². The highest BCUT2D eigenvalue weighted by Gasteiger charge is 2.51. The maximum Gasteiger partial charge on any atom is 0.356 e. The van der Waals surface area contributed by atoms with Crippen LogP contribution in [0.3, 0.4) is 0 Å².